The summed E-state index contributed by atoms with van der Waals surface area (Å²) in [5.41, 5.74) is 1.30. The summed E-state index contributed by atoms with van der Waals surface area (Å²) >= 11 is 1.87. The van der Waals surface area contributed by atoms with Gasteiger partial charge in [-0.05, 0) is 19.9 Å². The third-order valence-corrected chi connectivity index (χ3v) is 4.99. The Morgan fingerprint density at radius 2 is 2.41 bits per heavy atom. The van der Waals surface area contributed by atoms with Crippen LogP contribution in [0, 0.1) is 0 Å². The van der Waals surface area contributed by atoms with Gasteiger partial charge in [0.25, 0.3) is 0 Å². The SMILES string of the molecule is CN1CCNC(Cc2csc(C3CCC3)n2)C1. The smallest absolute Gasteiger partial charge is 0.0959 e. The fourth-order valence-corrected chi connectivity index (χ4v) is 3.64. The van der Waals surface area contributed by atoms with Crippen LogP contribution in [0.25, 0.3) is 0 Å². The Morgan fingerprint density at radius 3 is 3.12 bits per heavy atom. The van der Waals surface area contributed by atoms with E-state index in [9.17, 15) is 0 Å². The molecule has 1 unspecified atom stereocenters. The first-order chi connectivity index (χ1) is 8.31. The first kappa shape index (κ1) is 11.6. The third-order valence-electron chi connectivity index (χ3n) is 3.94. The Balaban J connectivity index is 1.58. The summed E-state index contributed by atoms with van der Waals surface area (Å²) in [6.45, 7) is 3.43. The Kier molecular flexibility index (Phi) is 3.45. The molecule has 0 aromatic carbocycles. The maximum Gasteiger partial charge on any atom is 0.0959 e. The Bertz CT molecular complexity index is 372. The minimum Gasteiger partial charge on any atom is -0.311 e. The Morgan fingerprint density at radius 1 is 1.53 bits per heavy atom. The molecule has 3 rings (SSSR count). The van der Waals surface area contributed by atoms with Crippen LogP contribution >= 0.6 is 11.3 Å². The fraction of sp³-hybridized carbons (Fsp3) is 0.769. The van der Waals surface area contributed by atoms with E-state index in [4.69, 9.17) is 4.98 Å². The van der Waals surface area contributed by atoms with E-state index < -0.39 is 0 Å². The second-order valence-corrected chi connectivity index (χ2v) is 6.31. The molecule has 1 aromatic rings. The molecule has 94 valence electrons. The summed E-state index contributed by atoms with van der Waals surface area (Å²) in [5.74, 6) is 0.788. The van der Waals surface area contributed by atoms with Gasteiger partial charge in [0.2, 0.25) is 0 Å². The van der Waals surface area contributed by atoms with Crippen LogP contribution < -0.4 is 5.32 Å². The quantitative estimate of drug-likeness (QED) is 0.889. The van der Waals surface area contributed by atoms with E-state index in [0.29, 0.717) is 6.04 Å². The number of hydrogen-bond acceptors (Lipinski definition) is 4. The predicted molar refractivity (Wildman–Crippen MR) is 71.7 cm³/mol. The zero-order chi connectivity index (χ0) is 11.7. The second-order valence-electron chi connectivity index (χ2n) is 5.42. The van der Waals surface area contributed by atoms with Crippen molar-refractivity contribution in [1.82, 2.24) is 15.2 Å². The molecule has 0 bridgehead atoms. The average molecular weight is 251 g/mol. The van der Waals surface area contributed by atoms with Gasteiger partial charge in [-0.1, -0.05) is 6.42 Å². The molecule has 1 aliphatic carbocycles. The third kappa shape index (κ3) is 2.69. The molecule has 1 aliphatic heterocycles. The molecule has 1 aromatic heterocycles. The van der Waals surface area contributed by atoms with Crippen molar-refractivity contribution >= 4 is 11.3 Å². The number of piperazine rings is 1. The minimum absolute atomic E-state index is 0.588. The molecule has 4 heteroatoms. The van der Waals surface area contributed by atoms with Crippen molar-refractivity contribution in [2.75, 3.05) is 26.7 Å². The van der Waals surface area contributed by atoms with E-state index >= 15 is 0 Å². The summed E-state index contributed by atoms with van der Waals surface area (Å²) in [6, 6.07) is 0.588. The summed E-state index contributed by atoms with van der Waals surface area (Å²) < 4.78 is 0. The summed E-state index contributed by atoms with van der Waals surface area (Å²) in [5, 5.41) is 7.24. The van der Waals surface area contributed by atoms with Gasteiger partial charge >= 0.3 is 0 Å². The van der Waals surface area contributed by atoms with Crippen LogP contribution in [0.4, 0.5) is 0 Å². The van der Waals surface area contributed by atoms with E-state index in [1.165, 1.54) is 36.5 Å². The first-order valence-corrected chi connectivity index (χ1v) is 7.55. The number of rotatable bonds is 3. The van der Waals surface area contributed by atoms with Crippen LogP contribution in [-0.4, -0.2) is 42.6 Å². The molecule has 0 amide bonds. The van der Waals surface area contributed by atoms with Crippen molar-refractivity contribution < 1.29 is 0 Å². The molecule has 2 fully saturated rings. The molecular weight excluding hydrogens is 230 g/mol. The van der Waals surface area contributed by atoms with Gasteiger partial charge in [0.05, 0.1) is 10.7 Å². The highest BCUT2D eigenvalue weighted by Gasteiger charge is 2.23. The van der Waals surface area contributed by atoms with Gasteiger partial charge < -0.3 is 10.2 Å². The van der Waals surface area contributed by atoms with Crippen molar-refractivity contribution in [2.24, 2.45) is 0 Å². The fourth-order valence-electron chi connectivity index (χ4n) is 2.64. The Labute approximate surface area is 107 Å². The molecule has 3 nitrogen and oxygen atoms in total. The van der Waals surface area contributed by atoms with Crippen molar-refractivity contribution in [1.29, 1.82) is 0 Å². The average Bonchev–Trinajstić information content (AvgIpc) is 2.63. The topological polar surface area (TPSA) is 28.2 Å². The van der Waals surface area contributed by atoms with E-state index in [-0.39, 0.29) is 0 Å². The maximum atomic E-state index is 4.81. The molecule has 1 atom stereocenters. The molecule has 2 aliphatic rings. The highest BCUT2D eigenvalue weighted by atomic mass is 32.1. The largest absolute Gasteiger partial charge is 0.311 e. The predicted octanol–water partition coefficient (Wildman–Crippen LogP) is 1.86. The zero-order valence-corrected chi connectivity index (χ0v) is 11.3. The number of aromatic nitrogens is 1. The van der Waals surface area contributed by atoms with Crippen LogP contribution in [-0.2, 0) is 6.42 Å². The monoisotopic (exact) mass is 251 g/mol. The van der Waals surface area contributed by atoms with Gasteiger partial charge in [-0.3, -0.25) is 0 Å². The van der Waals surface area contributed by atoms with E-state index in [1.807, 2.05) is 11.3 Å². The highest BCUT2D eigenvalue weighted by Crippen LogP contribution is 2.37. The second kappa shape index (κ2) is 5.04. The number of nitrogens with zero attached hydrogens (tertiary/aromatic N) is 2. The zero-order valence-electron chi connectivity index (χ0n) is 10.5. The van der Waals surface area contributed by atoms with Gasteiger partial charge in [0.1, 0.15) is 0 Å². The number of likely N-dealkylation sites (N-methyl/N-ethyl adjacent to an activating group) is 1. The van der Waals surface area contributed by atoms with Gasteiger partial charge in [0.15, 0.2) is 0 Å². The van der Waals surface area contributed by atoms with Crippen LogP contribution in [0.1, 0.15) is 35.9 Å². The molecule has 2 heterocycles. The van der Waals surface area contributed by atoms with Crippen LogP contribution in [0.15, 0.2) is 5.38 Å². The summed E-state index contributed by atoms with van der Waals surface area (Å²) in [6.07, 6.45) is 5.21. The lowest BCUT2D eigenvalue weighted by molar-refractivity contribution is 0.237. The molecule has 0 radical (unpaired) electrons. The van der Waals surface area contributed by atoms with Crippen molar-refractivity contribution in [3.05, 3.63) is 16.1 Å². The molecule has 1 N–H and O–H groups in total. The molecule has 1 saturated carbocycles. The number of hydrogen-bond donors (Lipinski definition) is 1. The lowest BCUT2D eigenvalue weighted by Gasteiger charge is -2.30. The van der Waals surface area contributed by atoms with Crippen LogP contribution in [0.5, 0.6) is 0 Å². The van der Waals surface area contributed by atoms with E-state index in [2.05, 4.69) is 22.6 Å². The van der Waals surface area contributed by atoms with Crippen molar-refractivity contribution in [3.63, 3.8) is 0 Å². The van der Waals surface area contributed by atoms with Gasteiger partial charge in [-0.15, -0.1) is 11.3 Å². The number of thiazole rings is 1. The number of nitrogens with one attached hydrogen (secondary N) is 1. The summed E-state index contributed by atoms with van der Waals surface area (Å²) in [7, 11) is 2.20. The van der Waals surface area contributed by atoms with Crippen LogP contribution in [0.3, 0.4) is 0 Å². The van der Waals surface area contributed by atoms with Gasteiger partial charge in [-0.2, -0.15) is 0 Å². The molecule has 17 heavy (non-hydrogen) atoms. The molecular formula is C13H21N3S. The minimum atomic E-state index is 0.588. The maximum absolute atomic E-state index is 4.81. The van der Waals surface area contributed by atoms with Crippen molar-refractivity contribution in [3.8, 4) is 0 Å². The van der Waals surface area contributed by atoms with E-state index in [1.54, 1.807) is 0 Å². The molecule has 0 spiro atoms. The standard InChI is InChI=1S/C13H21N3S/c1-16-6-5-14-11(8-16)7-12-9-17-13(15-12)10-3-2-4-10/h9-11,14H,2-8H2,1H3. The van der Waals surface area contributed by atoms with Gasteiger partial charge in [-0.25, -0.2) is 4.98 Å². The summed E-state index contributed by atoms with van der Waals surface area (Å²) in [4.78, 5) is 7.21. The van der Waals surface area contributed by atoms with Crippen LogP contribution in [0.2, 0.25) is 0 Å². The first-order valence-electron chi connectivity index (χ1n) is 6.67. The molecule has 1 saturated heterocycles. The Hall–Kier alpha value is -0.450. The van der Waals surface area contributed by atoms with Gasteiger partial charge in [0, 0.05) is 43.4 Å². The lowest BCUT2D eigenvalue weighted by Crippen LogP contribution is -2.49. The van der Waals surface area contributed by atoms with Crippen molar-refractivity contribution in [2.45, 2.75) is 37.6 Å². The normalized spacial score (nSPS) is 27.0. The lowest BCUT2D eigenvalue weighted by atomic mass is 9.86. The highest BCUT2D eigenvalue weighted by molar-refractivity contribution is 7.09. The van der Waals surface area contributed by atoms with E-state index in [0.717, 1.165) is 25.4 Å².